The second kappa shape index (κ2) is 10.7. The van der Waals surface area contributed by atoms with Crippen LogP contribution in [0.2, 0.25) is 0 Å². The van der Waals surface area contributed by atoms with Crippen LogP contribution in [0.25, 0.3) is 0 Å². The highest BCUT2D eigenvalue weighted by Crippen LogP contribution is 2.48. The fraction of sp³-hybridized carbons (Fsp3) is 0.517. The van der Waals surface area contributed by atoms with E-state index in [1.165, 1.54) is 19.9 Å². The topological polar surface area (TPSA) is 127 Å². The molecule has 0 saturated heterocycles. The first-order valence-electron chi connectivity index (χ1n) is 12.5. The number of carbonyl (C=O) groups excluding carboxylic acids is 4. The van der Waals surface area contributed by atoms with Crippen LogP contribution in [0.5, 0.6) is 0 Å². The predicted molar refractivity (Wildman–Crippen MR) is 135 cm³/mol. The molecule has 37 heavy (non-hydrogen) atoms. The Bertz CT molecular complexity index is 1130. The molecule has 1 unspecified atom stereocenters. The van der Waals surface area contributed by atoms with Crippen LogP contribution in [0, 0.1) is 17.3 Å². The molecule has 1 fully saturated rings. The van der Waals surface area contributed by atoms with E-state index in [4.69, 9.17) is 9.47 Å². The molecule has 8 heteroatoms. The zero-order valence-electron chi connectivity index (χ0n) is 22.2. The minimum atomic E-state index is -1.73. The molecule has 0 bridgehead atoms. The maximum Gasteiger partial charge on any atom is 0.338 e. The number of benzene rings is 1. The summed E-state index contributed by atoms with van der Waals surface area (Å²) in [5, 5.41) is 21.7. The molecule has 8 nitrogen and oxygen atoms in total. The number of aliphatic hydroxyl groups is 2. The second-order valence-electron chi connectivity index (χ2n) is 10.8. The summed E-state index contributed by atoms with van der Waals surface area (Å²) in [5.74, 6) is -3.56. The Labute approximate surface area is 217 Å². The molecule has 0 amide bonds. The average molecular weight is 513 g/mol. The van der Waals surface area contributed by atoms with Gasteiger partial charge in [-0.15, -0.1) is 0 Å². The molecule has 0 spiro atoms. The van der Waals surface area contributed by atoms with Crippen LogP contribution in [-0.4, -0.2) is 57.6 Å². The molecule has 200 valence electrons. The van der Waals surface area contributed by atoms with Crippen molar-refractivity contribution in [3.63, 3.8) is 0 Å². The molecule has 1 aromatic carbocycles. The Morgan fingerprint density at radius 2 is 1.65 bits per heavy atom. The molecule has 2 aliphatic carbocycles. The van der Waals surface area contributed by atoms with Crippen LogP contribution < -0.4 is 0 Å². The third-order valence-corrected chi connectivity index (χ3v) is 7.61. The van der Waals surface area contributed by atoms with Crippen LogP contribution in [0.4, 0.5) is 0 Å². The molecule has 1 saturated carbocycles. The summed E-state index contributed by atoms with van der Waals surface area (Å²) in [6, 6.07) is 8.40. The van der Waals surface area contributed by atoms with E-state index in [-0.39, 0.29) is 24.2 Å². The predicted octanol–water partition coefficient (Wildman–Crippen LogP) is 3.35. The second-order valence-corrected chi connectivity index (χ2v) is 10.8. The van der Waals surface area contributed by atoms with Crippen molar-refractivity contribution in [3.05, 3.63) is 59.2 Å². The van der Waals surface area contributed by atoms with Crippen LogP contribution in [0.3, 0.4) is 0 Å². The lowest BCUT2D eigenvalue weighted by Crippen LogP contribution is -2.49. The molecule has 2 N–H and O–H groups in total. The zero-order valence-corrected chi connectivity index (χ0v) is 22.2. The Hall–Kier alpha value is -3.10. The van der Waals surface area contributed by atoms with Crippen molar-refractivity contribution < 1.29 is 38.9 Å². The number of ether oxygens (including phenoxy) is 2. The van der Waals surface area contributed by atoms with Gasteiger partial charge in [-0.05, 0) is 49.1 Å². The first kappa shape index (κ1) is 28.5. The molecule has 1 aromatic rings. The summed E-state index contributed by atoms with van der Waals surface area (Å²) in [5.41, 5.74) is -2.19. The minimum Gasteiger partial charge on any atom is -0.458 e. The van der Waals surface area contributed by atoms with E-state index in [9.17, 15) is 29.4 Å². The maximum absolute atomic E-state index is 14.0. The molecular weight excluding hydrogens is 476 g/mol. The van der Waals surface area contributed by atoms with Gasteiger partial charge < -0.3 is 19.7 Å². The van der Waals surface area contributed by atoms with Gasteiger partial charge in [0.05, 0.1) is 29.1 Å². The fourth-order valence-electron chi connectivity index (χ4n) is 5.20. The normalized spacial score (nSPS) is 35.1. The number of Topliss-reactive ketones (excluding diaryl/α,β-unsaturated/α-hetero) is 2. The minimum absolute atomic E-state index is 0.0618. The van der Waals surface area contributed by atoms with Crippen molar-refractivity contribution in [2.75, 3.05) is 0 Å². The van der Waals surface area contributed by atoms with E-state index in [0.29, 0.717) is 11.1 Å². The highest BCUT2D eigenvalue weighted by molar-refractivity contribution is 6.03. The Balaban J connectivity index is 2.19. The summed E-state index contributed by atoms with van der Waals surface area (Å²) in [6.45, 7) is 9.20. The van der Waals surface area contributed by atoms with E-state index in [2.05, 4.69) is 0 Å². The molecule has 0 heterocycles. The summed E-state index contributed by atoms with van der Waals surface area (Å²) >= 11 is 0. The Morgan fingerprint density at radius 3 is 2.24 bits per heavy atom. The van der Waals surface area contributed by atoms with E-state index >= 15 is 0 Å². The lowest BCUT2D eigenvalue weighted by Gasteiger charge is -2.36. The quantitative estimate of drug-likeness (QED) is 0.466. The third-order valence-electron chi connectivity index (χ3n) is 7.61. The molecular formula is C29H36O8. The third kappa shape index (κ3) is 5.60. The summed E-state index contributed by atoms with van der Waals surface area (Å²) < 4.78 is 11.7. The van der Waals surface area contributed by atoms with Crippen molar-refractivity contribution in [2.24, 2.45) is 17.3 Å². The van der Waals surface area contributed by atoms with Gasteiger partial charge in [0.2, 0.25) is 5.78 Å². The smallest absolute Gasteiger partial charge is 0.338 e. The molecule has 0 aromatic heterocycles. The van der Waals surface area contributed by atoms with Crippen LogP contribution in [-0.2, 0) is 23.9 Å². The van der Waals surface area contributed by atoms with Crippen LogP contribution in [0.15, 0.2) is 53.6 Å². The first-order valence-corrected chi connectivity index (χ1v) is 12.5. The van der Waals surface area contributed by atoms with Crippen molar-refractivity contribution in [1.82, 2.24) is 0 Å². The Morgan fingerprint density at radius 1 is 1.03 bits per heavy atom. The monoisotopic (exact) mass is 512 g/mol. The summed E-state index contributed by atoms with van der Waals surface area (Å²) in [4.78, 5) is 52.3. The molecule has 3 rings (SSSR count). The lowest BCUT2D eigenvalue weighted by molar-refractivity contribution is -0.168. The number of aliphatic hydroxyl groups excluding tert-OH is 2. The van der Waals surface area contributed by atoms with Crippen molar-refractivity contribution in [2.45, 2.75) is 78.3 Å². The number of carbonyl (C=O) groups is 4. The van der Waals surface area contributed by atoms with Gasteiger partial charge >= 0.3 is 11.9 Å². The molecule has 0 aliphatic heterocycles. The fourth-order valence-corrected chi connectivity index (χ4v) is 5.20. The molecule has 6 atom stereocenters. The van der Waals surface area contributed by atoms with Crippen molar-refractivity contribution in [1.29, 1.82) is 0 Å². The van der Waals surface area contributed by atoms with Gasteiger partial charge in [0.15, 0.2) is 5.60 Å². The molecule has 2 aliphatic rings. The van der Waals surface area contributed by atoms with Crippen LogP contribution in [0.1, 0.15) is 64.7 Å². The van der Waals surface area contributed by atoms with Gasteiger partial charge in [0.1, 0.15) is 11.9 Å². The standard InChI is InChI=1S/C29H36O8/c1-16-12-21-25(36-27(35)20-10-8-7-9-11-20)18(3)15-29(21,37-19(4)30)26(34)17(2)13-23(32)28(5,6)24(33)14-22(16)31/h7-13,18,21-23,25,31-32H,14-15H2,1-6H3/b16-12+,17-13+/t18-,21-,22?,23-,25-,29+/m0/s1. The number of rotatable bonds is 3. The average Bonchev–Trinajstić information content (AvgIpc) is 3.08. The SMILES string of the molecule is CC(=O)O[C@]12C[C@H](C)[C@H](OC(=O)c3ccccc3)[C@@H]1/C=C(\C)C(O)CC(=O)C(C)(C)[C@@H](O)/C=C(\C)C2=O. The lowest BCUT2D eigenvalue weighted by atomic mass is 9.75. The Kier molecular flexibility index (Phi) is 8.24. The summed E-state index contributed by atoms with van der Waals surface area (Å²) in [6.07, 6.45) is -0.722. The van der Waals surface area contributed by atoms with Gasteiger partial charge in [0.25, 0.3) is 0 Å². The van der Waals surface area contributed by atoms with E-state index in [1.807, 2.05) is 0 Å². The number of fused-ring (bicyclic) bond motifs is 1. The van der Waals surface area contributed by atoms with Gasteiger partial charge in [-0.2, -0.15) is 0 Å². The highest BCUT2D eigenvalue weighted by Gasteiger charge is 2.60. The maximum atomic E-state index is 14.0. The van der Waals surface area contributed by atoms with E-state index in [1.54, 1.807) is 64.1 Å². The zero-order chi connectivity index (χ0) is 27.7. The highest BCUT2D eigenvalue weighted by atomic mass is 16.6. The van der Waals surface area contributed by atoms with Gasteiger partial charge in [-0.25, -0.2) is 4.79 Å². The van der Waals surface area contributed by atoms with E-state index in [0.717, 1.165) is 0 Å². The van der Waals surface area contributed by atoms with Gasteiger partial charge in [0, 0.05) is 19.8 Å². The van der Waals surface area contributed by atoms with Crippen molar-refractivity contribution in [3.8, 4) is 0 Å². The number of esters is 2. The van der Waals surface area contributed by atoms with Gasteiger partial charge in [-0.1, -0.05) is 45.0 Å². The number of hydrogen-bond acceptors (Lipinski definition) is 8. The first-order chi connectivity index (χ1) is 17.2. The van der Waals surface area contributed by atoms with Gasteiger partial charge in [-0.3, -0.25) is 14.4 Å². The van der Waals surface area contributed by atoms with Crippen LogP contribution >= 0.6 is 0 Å². The largest absolute Gasteiger partial charge is 0.458 e. The number of ketones is 2. The molecule has 0 radical (unpaired) electrons. The number of hydrogen-bond donors (Lipinski definition) is 2. The van der Waals surface area contributed by atoms with Crippen molar-refractivity contribution >= 4 is 23.5 Å². The summed E-state index contributed by atoms with van der Waals surface area (Å²) in [7, 11) is 0. The van der Waals surface area contributed by atoms with E-state index < -0.39 is 58.9 Å².